The molecule has 2 nitrogen and oxygen atoms in total. The van der Waals surface area contributed by atoms with E-state index in [1.54, 1.807) is 0 Å². The van der Waals surface area contributed by atoms with Crippen molar-refractivity contribution in [2.24, 2.45) is 5.73 Å². The summed E-state index contributed by atoms with van der Waals surface area (Å²) in [6, 6.07) is 9.47. The van der Waals surface area contributed by atoms with Gasteiger partial charge in [-0.1, -0.05) is 24.3 Å². The zero-order valence-corrected chi connectivity index (χ0v) is 10.2. The smallest absolute Gasteiger partial charge is 0.00791 e. The van der Waals surface area contributed by atoms with E-state index in [0.717, 1.165) is 13.0 Å². The summed E-state index contributed by atoms with van der Waals surface area (Å²) in [5, 5.41) is 0. The second-order valence-electron chi connectivity index (χ2n) is 4.73. The van der Waals surface area contributed by atoms with Gasteiger partial charge in [0.15, 0.2) is 0 Å². The van der Waals surface area contributed by atoms with E-state index in [9.17, 15) is 0 Å². The fraction of sp³-hybridized carbons (Fsp3) is 0.571. The molecule has 1 aromatic rings. The molecule has 0 aromatic heterocycles. The highest BCUT2D eigenvalue weighted by Gasteiger charge is 2.17. The Balaban J connectivity index is 2.01. The summed E-state index contributed by atoms with van der Waals surface area (Å²) in [6.45, 7) is 5.45. The highest BCUT2D eigenvalue weighted by Crippen LogP contribution is 2.17. The average Bonchev–Trinajstić information content (AvgIpc) is 2.51. The lowest BCUT2D eigenvalue weighted by Crippen LogP contribution is -2.36. The van der Waals surface area contributed by atoms with Gasteiger partial charge in [0.1, 0.15) is 0 Å². The Hall–Kier alpha value is -0.860. The SMILES string of the molecule is CC(CCN)N1CCc2ccccc2CC1. The van der Waals surface area contributed by atoms with Crippen LogP contribution >= 0.6 is 0 Å². The van der Waals surface area contributed by atoms with Crippen LogP contribution in [0.2, 0.25) is 0 Å². The lowest BCUT2D eigenvalue weighted by molar-refractivity contribution is 0.211. The van der Waals surface area contributed by atoms with Gasteiger partial charge in [-0.05, 0) is 43.9 Å². The minimum absolute atomic E-state index is 0.624. The van der Waals surface area contributed by atoms with Crippen LogP contribution in [0, 0.1) is 0 Å². The molecule has 2 heteroatoms. The molecule has 2 N–H and O–H groups in total. The van der Waals surface area contributed by atoms with Crippen LogP contribution in [-0.2, 0) is 12.8 Å². The molecular weight excluding hydrogens is 196 g/mol. The van der Waals surface area contributed by atoms with Crippen molar-refractivity contribution in [2.75, 3.05) is 19.6 Å². The Bertz CT molecular complexity index is 308. The largest absolute Gasteiger partial charge is 0.330 e. The summed E-state index contributed by atoms with van der Waals surface area (Å²) < 4.78 is 0. The topological polar surface area (TPSA) is 29.3 Å². The zero-order chi connectivity index (χ0) is 11.4. The normalized spacial score (nSPS) is 18.9. The summed E-state index contributed by atoms with van der Waals surface area (Å²) in [4.78, 5) is 2.58. The van der Waals surface area contributed by atoms with Crippen LogP contribution in [0.5, 0.6) is 0 Å². The lowest BCUT2D eigenvalue weighted by atomic mass is 10.0. The monoisotopic (exact) mass is 218 g/mol. The highest BCUT2D eigenvalue weighted by molar-refractivity contribution is 5.28. The molecule has 88 valence electrons. The van der Waals surface area contributed by atoms with Gasteiger partial charge in [-0.3, -0.25) is 4.90 Å². The molecule has 1 aliphatic heterocycles. The summed E-state index contributed by atoms with van der Waals surface area (Å²) in [6.07, 6.45) is 3.48. The number of nitrogens with two attached hydrogens (primary N) is 1. The van der Waals surface area contributed by atoms with E-state index < -0.39 is 0 Å². The van der Waals surface area contributed by atoms with Gasteiger partial charge in [0.25, 0.3) is 0 Å². The Kier molecular flexibility index (Phi) is 3.97. The summed E-state index contributed by atoms with van der Waals surface area (Å²) in [7, 11) is 0. The standard InChI is InChI=1S/C14H22N2/c1-12(6-9-15)16-10-7-13-4-2-3-5-14(13)8-11-16/h2-5,12H,6-11,15H2,1H3. The first-order valence-electron chi connectivity index (χ1n) is 6.32. The van der Waals surface area contributed by atoms with E-state index in [0.29, 0.717) is 6.04 Å². The number of hydrogen-bond acceptors (Lipinski definition) is 2. The molecule has 1 heterocycles. The first-order valence-corrected chi connectivity index (χ1v) is 6.32. The lowest BCUT2D eigenvalue weighted by Gasteiger charge is -2.27. The Labute approximate surface area is 98.4 Å². The third kappa shape index (κ3) is 2.63. The van der Waals surface area contributed by atoms with Crippen molar-refractivity contribution in [2.45, 2.75) is 32.2 Å². The Morgan fingerprint density at radius 1 is 1.19 bits per heavy atom. The molecule has 1 atom stereocenters. The minimum atomic E-state index is 0.624. The number of fused-ring (bicyclic) bond motifs is 1. The minimum Gasteiger partial charge on any atom is -0.330 e. The van der Waals surface area contributed by atoms with Gasteiger partial charge in [0.2, 0.25) is 0 Å². The van der Waals surface area contributed by atoms with Gasteiger partial charge in [-0.2, -0.15) is 0 Å². The molecule has 0 amide bonds. The van der Waals surface area contributed by atoms with Crippen molar-refractivity contribution in [1.29, 1.82) is 0 Å². The maximum atomic E-state index is 5.63. The fourth-order valence-corrected chi connectivity index (χ4v) is 2.55. The van der Waals surface area contributed by atoms with Gasteiger partial charge >= 0.3 is 0 Å². The van der Waals surface area contributed by atoms with Crippen molar-refractivity contribution in [3.63, 3.8) is 0 Å². The van der Waals surface area contributed by atoms with E-state index in [2.05, 4.69) is 36.1 Å². The van der Waals surface area contributed by atoms with Crippen LogP contribution in [0.15, 0.2) is 24.3 Å². The Morgan fingerprint density at radius 3 is 2.25 bits per heavy atom. The molecule has 0 spiro atoms. The number of nitrogens with zero attached hydrogens (tertiary/aromatic N) is 1. The summed E-state index contributed by atoms with van der Waals surface area (Å²) >= 11 is 0. The predicted molar refractivity (Wildman–Crippen MR) is 68.6 cm³/mol. The molecule has 1 unspecified atom stereocenters. The van der Waals surface area contributed by atoms with Crippen LogP contribution in [0.4, 0.5) is 0 Å². The molecule has 0 saturated carbocycles. The number of hydrogen-bond donors (Lipinski definition) is 1. The van der Waals surface area contributed by atoms with E-state index >= 15 is 0 Å². The first-order chi connectivity index (χ1) is 7.81. The van der Waals surface area contributed by atoms with Gasteiger partial charge in [-0.25, -0.2) is 0 Å². The van der Waals surface area contributed by atoms with E-state index in [-0.39, 0.29) is 0 Å². The van der Waals surface area contributed by atoms with E-state index in [1.165, 1.54) is 37.1 Å². The average molecular weight is 218 g/mol. The van der Waals surface area contributed by atoms with Crippen LogP contribution in [0.1, 0.15) is 24.5 Å². The molecule has 0 bridgehead atoms. The fourth-order valence-electron chi connectivity index (χ4n) is 2.55. The third-order valence-corrected chi connectivity index (χ3v) is 3.66. The molecule has 0 fully saturated rings. The van der Waals surface area contributed by atoms with E-state index in [4.69, 9.17) is 5.73 Å². The van der Waals surface area contributed by atoms with Crippen LogP contribution in [0.3, 0.4) is 0 Å². The Morgan fingerprint density at radius 2 is 1.75 bits per heavy atom. The van der Waals surface area contributed by atoms with Crippen molar-refractivity contribution in [3.05, 3.63) is 35.4 Å². The molecule has 0 radical (unpaired) electrons. The van der Waals surface area contributed by atoms with E-state index in [1.807, 2.05) is 0 Å². The first kappa shape index (κ1) is 11.6. The second kappa shape index (κ2) is 5.46. The highest BCUT2D eigenvalue weighted by atomic mass is 15.1. The molecular formula is C14H22N2. The summed E-state index contributed by atoms with van der Waals surface area (Å²) in [5.74, 6) is 0. The molecule has 16 heavy (non-hydrogen) atoms. The van der Waals surface area contributed by atoms with Gasteiger partial charge in [0.05, 0.1) is 0 Å². The van der Waals surface area contributed by atoms with Crippen LogP contribution in [-0.4, -0.2) is 30.6 Å². The summed E-state index contributed by atoms with van der Waals surface area (Å²) in [5.41, 5.74) is 8.70. The number of benzene rings is 1. The number of rotatable bonds is 3. The molecule has 0 aliphatic carbocycles. The maximum Gasteiger partial charge on any atom is 0.00791 e. The van der Waals surface area contributed by atoms with Crippen molar-refractivity contribution in [3.8, 4) is 0 Å². The quantitative estimate of drug-likeness (QED) is 0.838. The molecule has 2 rings (SSSR count). The molecule has 1 aliphatic rings. The second-order valence-corrected chi connectivity index (χ2v) is 4.73. The van der Waals surface area contributed by atoms with Gasteiger partial charge in [0, 0.05) is 19.1 Å². The predicted octanol–water partition coefficient (Wildman–Crippen LogP) is 1.82. The molecule has 1 aromatic carbocycles. The van der Waals surface area contributed by atoms with Crippen molar-refractivity contribution < 1.29 is 0 Å². The van der Waals surface area contributed by atoms with Gasteiger partial charge in [-0.15, -0.1) is 0 Å². The zero-order valence-electron chi connectivity index (χ0n) is 10.2. The maximum absolute atomic E-state index is 5.63. The van der Waals surface area contributed by atoms with Crippen LogP contribution in [0.25, 0.3) is 0 Å². The molecule has 0 saturated heterocycles. The van der Waals surface area contributed by atoms with Crippen molar-refractivity contribution >= 4 is 0 Å². The van der Waals surface area contributed by atoms with Crippen molar-refractivity contribution in [1.82, 2.24) is 4.90 Å². The van der Waals surface area contributed by atoms with Crippen LogP contribution < -0.4 is 5.73 Å². The van der Waals surface area contributed by atoms with Gasteiger partial charge < -0.3 is 5.73 Å². The third-order valence-electron chi connectivity index (χ3n) is 3.66.